The van der Waals surface area contributed by atoms with Crippen molar-refractivity contribution in [3.63, 3.8) is 0 Å². The summed E-state index contributed by atoms with van der Waals surface area (Å²) < 4.78 is 6.42. The van der Waals surface area contributed by atoms with Crippen molar-refractivity contribution in [2.75, 3.05) is 6.61 Å². The van der Waals surface area contributed by atoms with Crippen LogP contribution in [-0.4, -0.2) is 18.9 Å². The highest BCUT2D eigenvalue weighted by molar-refractivity contribution is 5.80. The van der Waals surface area contributed by atoms with Crippen LogP contribution in [0.3, 0.4) is 0 Å². The molecule has 1 aliphatic rings. The molecule has 1 saturated carbocycles. The standard InChI is InChI=1S/C6H10O2/c7-4-5-1-2-6(8)3-5/h5,7H,1-4H2/t5-/m0/s1/i7T. The summed E-state index contributed by atoms with van der Waals surface area (Å²) in [5.41, 5.74) is 0. The summed E-state index contributed by atoms with van der Waals surface area (Å²) in [4.78, 5) is 10.6. The van der Waals surface area contributed by atoms with Gasteiger partial charge in [0.05, 0.1) is 0 Å². The van der Waals surface area contributed by atoms with Crippen molar-refractivity contribution in [2.24, 2.45) is 5.92 Å². The minimum absolute atomic E-state index is 0.317. The van der Waals surface area contributed by atoms with E-state index in [1.807, 2.05) is 0 Å². The van der Waals surface area contributed by atoms with Gasteiger partial charge in [-0.25, -0.2) is 0 Å². The Labute approximate surface area is 50.0 Å². The third-order valence-electron chi connectivity index (χ3n) is 1.58. The van der Waals surface area contributed by atoms with Gasteiger partial charge in [0, 0.05) is 19.4 Å². The van der Waals surface area contributed by atoms with Gasteiger partial charge in [0.25, 0.3) is 0 Å². The second-order valence-electron chi connectivity index (χ2n) is 2.31. The van der Waals surface area contributed by atoms with E-state index in [4.69, 9.17) is 1.43 Å². The molecule has 8 heavy (non-hydrogen) atoms. The predicted octanol–water partition coefficient (Wildman–Crippen LogP) is 0.348. The van der Waals surface area contributed by atoms with Gasteiger partial charge in [0.2, 0.25) is 1.43 Å². The summed E-state index contributed by atoms with van der Waals surface area (Å²) in [7, 11) is 0. The van der Waals surface area contributed by atoms with Gasteiger partial charge in [0.15, 0.2) is 0 Å². The number of hydrogen-bond acceptors (Lipinski definition) is 2. The SMILES string of the molecule is [3H]OC[C@H]1CCC(=O)C1. The first-order valence-corrected chi connectivity index (χ1v) is 2.92. The normalized spacial score (nSPS) is 30.8. The van der Waals surface area contributed by atoms with Gasteiger partial charge in [-0.15, -0.1) is 0 Å². The average molecular weight is 116 g/mol. The molecule has 0 aliphatic heterocycles. The van der Waals surface area contributed by atoms with Crippen LogP contribution < -0.4 is 0 Å². The molecule has 2 heteroatoms. The maximum atomic E-state index is 10.6. The summed E-state index contributed by atoms with van der Waals surface area (Å²) in [6, 6.07) is 0. The molecule has 0 aromatic rings. The molecule has 1 rings (SSSR count). The van der Waals surface area contributed by atoms with E-state index in [1.54, 1.807) is 0 Å². The minimum atomic E-state index is 0.317. The molecule has 0 aromatic carbocycles. The maximum Gasteiger partial charge on any atom is 0.210 e. The molecule has 46 valence electrons. The van der Waals surface area contributed by atoms with E-state index >= 15 is 0 Å². The summed E-state index contributed by atoms with van der Waals surface area (Å²) in [6.07, 6.45) is 2.23. The van der Waals surface area contributed by atoms with Gasteiger partial charge in [-0.1, -0.05) is 0 Å². The fourth-order valence-corrected chi connectivity index (χ4v) is 1.03. The van der Waals surface area contributed by atoms with Gasteiger partial charge in [-0.05, 0) is 12.3 Å². The fraction of sp³-hybridized carbons (Fsp3) is 0.833. The van der Waals surface area contributed by atoms with Crippen molar-refractivity contribution < 1.29 is 9.90 Å². The lowest BCUT2D eigenvalue weighted by Gasteiger charge is -1.97. The van der Waals surface area contributed by atoms with E-state index in [2.05, 4.69) is 5.11 Å². The lowest BCUT2D eigenvalue weighted by Crippen LogP contribution is -1.99. The first kappa shape index (κ1) is 4.50. The number of Topliss-reactive ketones (excluding diaryl/α,β-unsaturated/α-hetero) is 1. The average Bonchev–Trinajstić information content (AvgIpc) is 2.17. The number of aliphatic hydroxyl groups is 1. The van der Waals surface area contributed by atoms with Crippen LogP contribution in [0.1, 0.15) is 19.3 Å². The van der Waals surface area contributed by atoms with Crippen molar-refractivity contribution in [1.82, 2.24) is 0 Å². The Morgan fingerprint density at radius 1 is 2.00 bits per heavy atom. The molecule has 0 spiro atoms. The van der Waals surface area contributed by atoms with Crippen molar-refractivity contribution >= 4 is 5.78 Å². The van der Waals surface area contributed by atoms with Crippen molar-refractivity contribution in [3.8, 4) is 0 Å². The van der Waals surface area contributed by atoms with Crippen LogP contribution in [0.15, 0.2) is 0 Å². The second kappa shape index (κ2) is 2.27. The van der Waals surface area contributed by atoms with Crippen molar-refractivity contribution in [3.05, 3.63) is 0 Å². The Bertz CT molecular complexity index is 114. The van der Waals surface area contributed by atoms with E-state index in [9.17, 15) is 4.79 Å². The highest BCUT2D eigenvalue weighted by atomic mass is 16.3. The lowest BCUT2D eigenvalue weighted by molar-refractivity contribution is -0.117. The van der Waals surface area contributed by atoms with Crippen LogP contribution in [0.5, 0.6) is 0 Å². The quantitative estimate of drug-likeness (QED) is 0.565. The molecule has 1 N–H and O–H groups in total. The third kappa shape index (κ3) is 1.07. The molecule has 1 atom stereocenters. The number of ketones is 1. The van der Waals surface area contributed by atoms with Gasteiger partial charge in [-0.3, -0.25) is 4.79 Å². The van der Waals surface area contributed by atoms with E-state index in [-0.39, 0.29) is 0 Å². The zero-order valence-electron chi connectivity index (χ0n) is 5.72. The fourth-order valence-electron chi connectivity index (χ4n) is 1.03. The molecular formula is C6H10O2. The Hall–Kier alpha value is -0.370. The monoisotopic (exact) mass is 116 g/mol. The molecule has 0 saturated heterocycles. The second-order valence-corrected chi connectivity index (χ2v) is 2.31. The summed E-state index contributed by atoms with van der Waals surface area (Å²) in [6.45, 7) is 0.422. The first-order chi connectivity index (χ1) is 4.33. The third-order valence-corrected chi connectivity index (χ3v) is 1.58. The smallest absolute Gasteiger partial charge is 0.210 e. The van der Waals surface area contributed by atoms with Gasteiger partial charge in [-0.2, -0.15) is 0 Å². The number of carbonyl (C=O) groups excluding carboxylic acids is 1. The van der Waals surface area contributed by atoms with Crippen LogP contribution in [0.2, 0.25) is 0 Å². The van der Waals surface area contributed by atoms with Gasteiger partial charge >= 0.3 is 0 Å². The molecule has 0 amide bonds. The van der Waals surface area contributed by atoms with Gasteiger partial charge < -0.3 is 5.11 Å². The largest absolute Gasteiger partial charge is 0.396 e. The molecule has 0 radical (unpaired) electrons. The summed E-state index contributed by atoms with van der Waals surface area (Å²) in [5, 5.41) is 4.17. The molecule has 1 fully saturated rings. The summed E-state index contributed by atoms with van der Waals surface area (Å²) in [5.74, 6) is 0.645. The Morgan fingerprint density at radius 2 is 2.88 bits per heavy atom. The minimum Gasteiger partial charge on any atom is -0.396 e. The number of hydrogen-bond donors (Lipinski definition) is 1. The topological polar surface area (TPSA) is 37.3 Å². The lowest BCUT2D eigenvalue weighted by atomic mass is 10.1. The van der Waals surface area contributed by atoms with Crippen molar-refractivity contribution in [1.29, 1.82) is 1.43 Å². The molecule has 1 aliphatic carbocycles. The van der Waals surface area contributed by atoms with E-state index in [0.717, 1.165) is 6.42 Å². The Kier molecular flexibility index (Phi) is 1.28. The van der Waals surface area contributed by atoms with E-state index in [1.165, 1.54) is 0 Å². The zero-order valence-corrected chi connectivity index (χ0v) is 4.72. The predicted molar refractivity (Wildman–Crippen MR) is 29.4 cm³/mol. The Morgan fingerprint density at radius 3 is 3.38 bits per heavy atom. The molecule has 0 aromatic heterocycles. The van der Waals surface area contributed by atoms with E-state index in [0.29, 0.717) is 31.1 Å². The van der Waals surface area contributed by atoms with Crippen LogP contribution in [0.4, 0.5) is 0 Å². The molecule has 0 unspecified atom stereocenters. The van der Waals surface area contributed by atoms with Gasteiger partial charge in [0.1, 0.15) is 5.78 Å². The molecule has 2 nitrogen and oxygen atoms in total. The van der Waals surface area contributed by atoms with Crippen LogP contribution >= 0.6 is 0 Å². The van der Waals surface area contributed by atoms with Crippen molar-refractivity contribution in [2.45, 2.75) is 19.3 Å². The molecule has 0 heterocycles. The Balaban J connectivity index is 2.22. The van der Waals surface area contributed by atoms with Crippen LogP contribution in [0, 0.1) is 5.92 Å². The first-order valence-electron chi connectivity index (χ1n) is 3.33. The van der Waals surface area contributed by atoms with E-state index < -0.39 is 0 Å². The highest BCUT2D eigenvalue weighted by Crippen LogP contribution is 2.20. The highest BCUT2D eigenvalue weighted by Gasteiger charge is 2.20. The van der Waals surface area contributed by atoms with Crippen LogP contribution in [0.25, 0.3) is 0 Å². The number of aliphatic hydroxyl groups excluding tert-OH is 1. The maximum absolute atomic E-state index is 10.6. The molecular weight excluding hydrogens is 104 g/mol. The van der Waals surface area contributed by atoms with Crippen LogP contribution in [-0.2, 0) is 4.79 Å². The summed E-state index contributed by atoms with van der Waals surface area (Å²) >= 11 is 0. The zero-order chi connectivity index (χ0) is 6.69. The number of rotatable bonds is 2. The molecule has 0 bridgehead atoms. The number of carbonyl (C=O) groups is 1.